The highest BCUT2D eigenvalue weighted by Crippen LogP contribution is 2.34. The van der Waals surface area contributed by atoms with Crippen molar-refractivity contribution in [3.05, 3.63) is 0 Å². The van der Waals surface area contributed by atoms with E-state index in [1.807, 2.05) is 13.2 Å². The molecule has 1 rings (SSSR count). The summed E-state index contributed by atoms with van der Waals surface area (Å²) in [5.74, 6) is 0.844. The van der Waals surface area contributed by atoms with E-state index in [4.69, 9.17) is 0 Å². The lowest BCUT2D eigenvalue weighted by molar-refractivity contribution is -0.129. The molecule has 3 nitrogen and oxygen atoms in total. The van der Waals surface area contributed by atoms with Gasteiger partial charge in [0.05, 0.1) is 6.07 Å². The Morgan fingerprint density at radius 2 is 2.00 bits per heavy atom. The van der Waals surface area contributed by atoms with Crippen LogP contribution in [0.4, 0.5) is 0 Å². The second-order valence-corrected chi connectivity index (χ2v) is 5.85. The zero-order valence-electron chi connectivity index (χ0n) is 10.8. The number of carbonyl (C=O) groups excluding carboxylic acids is 1. The van der Waals surface area contributed by atoms with Gasteiger partial charge in [-0.05, 0) is 26.0 Å². The minimum Gasteiger partial charge on any atom is -0.351 e. The van der Waals surface area contributed by atoms with Crippen LogP contribution in [0.3, 0.4) is 0 Å². The van der Waals surface area contributed by atoms with Crippen molar-refractivity contribution < 1.29 is 4.79 Å². The summed E-state index contributed by atoms with van der Waals surface area (Å²) in [6.07, 6.45) is 7.76. The summed E-state index contributed by atoms with van der Waals surface area (Å²) in [5, 5.41) is 12.4. The minimum atomic E-state index is -0.761. The number of thioether (sulfide) groups is 1. The van der Waals surface area contributed by atoms with E-state index >= 15 is 0 Å². The highest BCUT2D eigenvalue weighted by Gasteiger charge is 2.39. The predicted molar refractivity (Wildman–Crippen MR) is 71.7 cm³/mol. The van der Waals surface area contributed by atoms with E-state index < -0.39 is 5.41 Å². The number of amides is 1. The van der Waals surface area contributed by atoms with Gasteiger partial charge < -0.3 is 5.32 Å². The Morgan fingerprint density at radius 3 is 2.47 bits per heavy atom. The van der Waals surface area contributed by atoms with Crippen molar-refractivity contribution in [1.82, 2.24) is 5.32 Å². The molecule has 17 heavy (non-hydrogen) atoms. The van der Waals surface area contributed by atoms with Crippen LogP contribution in [0.1, 0.15) is 45.4 Å². The fraction of sp³-hybridized carbons (Fsp3) is 0.846. The molecule has 96 valence electrons. The molecular weight excluding hydrogens is 232 g/mol. The minimum absolute atomic E-state index is 0.0524. The molecule has 1 N–H and O–H groups in total. The van der Waals surface area contributed by atoms with Gasteiger partial charge in [0.15, 0.2) is 0 Å². The number of rotatable bonds is 4. The third-order valence-electron chi connectivity index (χ3n) is 3.40. The maximum atomic E-state index is 12.2. The topological polar surface area (TPSA) is 52.9 Å². The Morgan fingerprint density at radius 1 is 1.41 bits per heavy atom. The second-order valence-electron chi connectivity index (χ2n) is 4.94. The van der Waals surface area contributed by atoms with E-state index in [1.54, 1.807) is 11.8 Å². The number of nitrogens with zero attached hydrogens (tertiary/aromatic N) is 1. The molecule has 0 aromatic carbocycles. The van der Waals surface area contributed by atoms with Gasteiger partial charge in [-0.2, -0.15) is 17.0 Å². The molecule has 0 bridgehead atoms. The molecule has 0 aromatic heterocycles. The Labute approximate surface area is 108 Å². The zero-order valence-corrected chi connectivity index (χ0v) is 11.6. The summed E-state index contributed by atoms with van der Waals surface area (Å²) in [6.45, 7) is 2.00. The number of nitrogens with one attached hydrogen (secondary N) is 1. The van der Waals surface area contributed by atoms with Crippen LogP contribution in [0.2, 0.25) is 0 Å². The van der Waals surface area contributed by atoms with Crippen molar-refractivity contribution in [3.63, 3.8) is 0 Å². The molecule has 0 spiro atoms. The number of nitriles is 1. The second kappa shape index (κ2) is 6.90. The Kier molecular flexibility index (Phi) is 5.84. The van der Waals surface area contributed by atoms with Crippen LogP contribution in [0.15, 0.2) is 0 Å². The standard InChI is InChI=1S/C13H22N2OS/c1-11(9-17-2)15-12(16)13(10-14)7-5-3-4-6-8-13/h11H,3-9H2,1-2H3,(H,15,16). The van der Waals surface area contributed by atoms with Gasteiger partial charge in [0.25, 0.3) is 0 Å². The summed E-state index contributed by atoms with van der Waals surface area (Å²) in [5.41, 5.74) is -0.761. The third-order valence-corrected chi connectivity index (χ3v) is 4.23. The van der Waals surface area contributed by atoms with Crippen LogP contribution in [-0.4, -0.2) is 24.0 Å². The zero-order chi connectivity index (χ0) is 12.7. The average Bonchev–Trinajstić information content (AvgIpc) is 2.55. The molecule has 0 aliphatic heterocycles. The molecule has 1 fully saturated rings. The highest BCUT2D eigenvalue weighted by atomic mass is 32.2. The Hall–Kier alpha value is -0.690. The SMILES string of the molecule is CSCC(C)NC(=O)C1(C#N)CCCCCC1. The molecule has 1 amide bonds. The van der Waals surface area contributed by atoms with E-state index in [-0.39, 0.29) is 11.9 Å². The summed E-state index contributed by atoms with van der Waals surface area (Å²) >= 11 is 1.71. The smallest absolute Gasteiger partial charge is 0.240 e. The van der Waals surface area contributed by atoms with Gasteiger partial charge >= 0.3 is 0 Å². The van der Waals surface area contributed by atoms with E-state index in [0.29, 0.717) is 0 Å². The lowest BCUT2D eigenvalue weighted by Gasteiger charge is -2.25. The first-order valence-corrected chi connectivity index (χ1v) is 7.75. The van der Waals surface area contributed by atoms with Crippen LogP contribution >= 0.6 is 11.8 Å². The van der Waals surface area contributed by atoms with E-state index in [0.717, 1.165) is 44.3 Å². The van der Waals surface area contributed by atoms with Crippen LogP contribution in [0.5, 0.6) is 0 Å². The molecule has 1 aliphatic carbocycles. The van der Waals surface area contributed by atoms with Crippen molar-refractivity contribution in [1.29, 1.82) is 5.26 Å². The molecule has 1 unspecified atom stereocenters. The largest absolute Gasteiger partial charge is 0.351 e. The predicted octanol–water partition coefficient (Wildman–Crippen LogP) is 2.72. The third kappa shape index (κ3) is 3.92. The summed E-state index contributed by atoms with van der Waals surface area (Å²) in [6, 6.07) is 2.43. The molecule has 0 saturated heterocycles. The van der Waals surface area contributed by atoms with Gasteiger partial charge in [-0.15, -0.1) is 0 Å². The van der Waals surface area contributed by atoms with Gasteiger partial charge in [-0.1, -0.05) is 25.7 Å². The van der Waals surface area contributed by atoms with Gasteiger partial charge in [-0.25, -0.2) is 0 Å². The quantitative estimate of drug-likeness (QED) is 0.785. The fourth-order valence-corrected chi connectivity index (χ4v) is 2.96. The highest BCUT2D eigenvalue weighted by molar-refractivity contribution is 7.98. The monoisotopic (exact) mass is 254 g/mol. The first kappa shape index (κ1) is 14.4. The van der Waals surface area contributed by atoms with Crippen molar-refractivity contribution in [3.8, 4) is 6.07 Å². The van der Waals surface area contributed by atoms with E-state index in [9.17, 15) is 10.1 Å². The molecule has 0 heterocycles. The van der Waals surface area contributed by atoms with Gasteiger partial charge in [0, 0.05) is 11.8 Å². The summed E-state index contributed by atoms with van der Waals surface area (Å²) in [4.78, 5) is 12.2. The molecule has 0 radical (unpaired) electrons. The first-order chi connectivity index (χ1) is 8.14. The number of hydrogen-bond acceptors (Lipinski definition) is 3. The van der Waals surface area contributed by atoms with Gasteiger partial charge in [0.2, 0.25) is 5.91 Å². The summed E-state index contributed by atoms with van der Waals surface area (Å²) < 4.78 is 0. The lowest BCUT2D eigenvalue weighted by Crippen LogP contribution is -2.44. The lowest BCUT2D eigenvalue weighted by atomic mass is 9.81. The van der Waals surface area contributed by atoms with Crippen molar-refractivity contribution in [2.24, 2.45) is 5.41 Å². The van der Waals surface area contributed by atoms with Crippen LogP contribution in [0, 0.1) is 16.7 Å². The van der Waals surface area contributed by atoms with Crippen LogP contribution in [-0.2, 0) is 4.79 Å². The van der Waals surface area contributed by atoms with Crippen LogP contribution in [0.25, 0.3) is 0 Å². The van der Waals surface area contributed by atoms with E-state index in [1.165, 1.54) is 0 Å². The number of hydrogen-bond donors (Lipinski definition) is 1. The molecule has 1 saturated carbocycles. The molecular formula is C13H22N2OS. The molecule has 1 aliphatic rings. The normalized spacial score (nSPS) is 21.0. The van der Waals surface area contributed by atoms with E-state index in [2.05, 4.69) is 11.4 Å². The van der Waals surface area contributed by atoms with Gasteiger partial charge in [0.1, 0.15) is 5.41 Å². The molecule has 4 heteroatoms. The van der Waals surface area contributed by atoms with Crippen molar-refractivity contribution >= 4 is 17.7 Å². The fourth-order valence-electron chi connectivity index (χ4n) is 2.38. The van der Waals surface area contributed by atoms with Crippen molar-refractivity contribution in [2.45, 2.75) is 51.5 Å². The Balaban J connectivity index is 2.65. The average molecular weight is 254 g/mol. The Bertz CT molecular complexity index is 290. The number of carbonyl (C=O) groups is 1. The summed E-state index contributed by atoms with van der Waals surface area (Å²) in [7, 11) is 0. The molecule has 1 atom stereocenters. The van der Waals surface area contributed by atoms with Gasteiger partial charge in [-0.3, -0.25) is 4.79 Å². The first-order valence-electron chi connectivity index (χ1n) is 6.36. The van der Waals surface area contributed by atoms with Crippen molar-refractivity contribution in [2.75, 3.05) is 12.0 Å². The maximum absolute atomic E-state index is 12.2. The maximum Gasteiger partial charge on any atom is 0.240 e. The molecule has 0 aromatic rings. The van der Waals surface area contributed by atoms with Crippen LogP contribution < -0.4 is 5.32 Å².